The molecule has 0 aromatic heterocycles. The lowest BCUT2D eigenvalue weighted by molar-refractivity contribution is -0.142. The van der Waals surface area contributed by atoms with Gasteiger partial charge in [-0.25, -0.2) is 4.79 Å². The van der Waals surface area contributed by atoms with Gasteiger partial charge >= 0.3 is 6.09 Å². The standard InChI is InChI=1S/C31H43N3O4/c1-9-18-34(29(36)26(19-21(2)3)33-30(37)38-31(6,7)8)27(25-17-13-14-22(4)23(25)5)28(35)32-20-24-15-11-10-12-16-24/h9-17,21,26-27H,1,18-20H2,2-8H3,(H,32,35)(H,33,37). The van der Waals surface area contributed by atoms with E-state index in [1.165, 1.54) is 4.90 Å². The summed E-state index contributed by atoms with van der Waals surface area (Å²) in [6, 6.07) is 13.6. The highest BCUT2D eigenvalue weighted by Gasteiger charge is 2.36. The minimum Gasteiger partial charge on any atom is -0.444 e. The monoisotopic (exact) mass is 521 g/mol. The van der Waals surface area contributed by atoms with Gasteiger partial charge in [-0.1, -0.05) is 68.5 Å². The SMILES string of the molecule is C=CCN(C(=O)C(CC(C)C)NC(=O)OC(C)(C)C)C(C(=O)NCc1ccccc1)c1cccc(C)c1C. The van der Waals surface area contributed by atoms with E-state index in [0.717, 1.165) is 22.3 Å². The Hall–Kier alpha value is -3.61. The van der Waals surface area contributed by atoms with Gasteiger partial charge in [0.25, 0.3) is 0 Å². The first-order valence-corrected chi connectivity index (χ1v) is 13.1. The Bertz CT molecular complexity index is 1110. The van der Waals surface area contributed by atoms with Crippen LogP contribution < -0.4 is 10.6 Å². The third-order valence-corrected chi connectivity index (χ3v) is 6.12. The Morgan fingerprint density at radius 1 is 1.03 bits per heavy atom. The number of hydrogen-bond donors (Lipinski definition) is 2. The molecule has 2 rings (SSSR count). The third kappa shape index (κ3) is 9.05. The maximum Gasteiger partial charge on any atom is 0.408 e. The maximum absolute atomic E-state index is 14.1. The number of hydrogen-bond acceptors (Lipinski definition) is 4. The fraction of sp³-hybridized carbons (Fsp3) is 0.452. The molecule has 7 nitrogen and oxygen atoms in total. The zero-order chi connectivity index (χ0) is 28.5. The van der Waals surface area contributed by atoms with E-state index in [9.17, 15) is 14.4 Å². The summed E-state index contributed by atoms with van der Waals surface area (Å²) in [7, 11) is 0. The first-order valence-electron chi connectivity index (χ1n) is 13.1. The molecule has 2 atom stereocenters. The van der Waals surface area contributed by atoms with E-state index < -0.39 is 23.8 Å². The Balaban J connectivity index is 2.49. The molecule has 3 amide bonds. The molecule has 0 aliphatic rings. The van der Waals surface area contributed by atoms with Crippen LogP contribution in [-0.4, -0.2) is 41.0 Å². The average Bonchev–Trinajstić information content (AvgIpc) is 2.83. The van der Waals surface area contributed by atoms with Crippen LogP contribution in [0.2, 0.25) is 0 Å². The number of rotatable bonds is 11. The van der Waals surface area contributed by atoms with Crippen molar-refractivity contribution in [2.75, 3.05) is 6.54 Å². The van der Waals surface area contributed by atoms with Crippen LogP contribution in [0.5, 0.6) is 0 Å². The Morgan fingerprint density at radius 2 is 1.68 bits per heavy atom. The van der Waals surface area contributed by atoms with Gasteiger partial charge in [-0.15, -0.1) is 6.58 Å². The molecule has 2 unspecified atom stereocenters. The van der Waals surface area contributed by atoms with Crippen LogP contribution in [0.15, 0.2) is 61.2 Å². The van der Waals surface area contributed by atoms with Crippen molar-refractivity contribution in [3.63, 3.8) is 0 Å². The Morgan fingerprint density at radius 3 is 2.26 bits per heavy atom. The van der Waals surface area contributed by atoms with Crippen molar-refractivity contribution in [1.82, 2.24) is 15.5 Å². The van der Waals surface area contributed by atoms with E-state index in [4.69, 9.17) is 4.74 Å². The second-order valence-electron chi connectivity index (χ2n) is 11.0. The fourth-order valence-electron chi connectivity index (χ4n) is 4.21. The van der Waals surface area contributed by atoms with E-state index in [1.54, 1.807) is 26.8 Å². The van der Waals surface area contributed by atoms with Crippen molar-refractivity contribution >= 4 is 17.9 Å². The van der Waals surface area contributed by atoms with Crippen LogP contribution in [0, 0.1) is 19.8 Å². The summed E-state index contributed by atoms with van der Waals surface area (Å²) in [6.45, 7) is 17.5. The number of nitrogens with zero attached hydrogens (tertiary/aromatic N) is 1. The molecule has 0 aliphatic heterocycles. The van der Waals surface area contributed by atoms with Gasteiger partial charge in [-0.05, 0) is 69.2 Å². The van der Waals surface area contributed by atoms with E-state index in [0.29, 0.717) is 13.0 Å². The second-order valence-corrected chi connectivity index (χ2v) is 11.0. The summed E-state index contributed by atoms with van der Waals surface area (Å²) >= 11 is 0. The van der Waals surface area contributed by atoms with Gasteiger partial charge in [-0.3, -0.25) is 9.59 Å². The smallest absolute Gasteiger partial charge is 0.408 e. The first kappa shape index (κ1) is 30.6. The number of amides is 3. The first-order chi connectivity index (χ1) is 17.8. The topological polar surface area (TPSA) is 87.7 Å². The van der Waals surface area contributed by atoms with Crippen molar-refractivity contribution in [3.05, 3.63) is 83.4 Å². The molecule has 0 fully saturated rings. The van der Waals surface area contributed by atoms with Gasteiger partial charge in [0, 0.05) is 13.1 Å². The summed E-state index contributed by atoms with van der Waals surface area (Å²) in [5, 5.41) is 5.76. The van der Waals surface area contributed by atoms with Gasteiger partial charge in [0.15, 0.2) is 0 Å². The molecule has 0 spiro atoms. The van der Waals surface area contributed by atoms with E-state index in [2.05, 4.69) is 17.2 Å². The van der Waals surface area contributed by atoms with Crippen LogP contribution in [0.4, 0.5) is 4.79 Å². The van der Waals surface area contributed by atoms with Gasteiger partial charge in [-0.2, -0.15) is 0 Å². The molecule has 0 heterocycles. The third-order valence-electron chi connectivity index (χ3n) is 6.12. The van der Waals surface area contributed by atoms with Crippen molar-refractivity contribution in [3.8, 4) is 0 Å². The molecular weight excluding hydrogens is 478 g/mol. The van der Waals surface area contributed by atoms with Gasteiger partial charge < -0.3 is 20.3 Å². The second kappa shape index (κ2) is 13.8. The number of aryl methyl sites for hydroxylation is 1. The average molecular weight is 522 g/mol. The van der Waals surface area contributed by atoms with Crippen LogP contribution >= 0.6 is 0 Å². The maximum atomic E-state index is 14.1. The van der Waals surface area contributed by atoms with Crippen molar-refractivity contribution in [2.24, 2.45) is 5.92 Å². The van der Waals surface area contributed by atoms with Gasteiger partial charge in [0.05, 0.1) is 0 Å². The van der Waals surface area contributed by atoms with Crippen molar-refractivity contribution in [1.29, 1.82) is 0 Å². The highest BCUT2D eigenvalue weighted by molar-refractivity contribution is 5.92. The molecule has 0 saturated carbocycles. The highest BCUT2D eigenvalue weighted by Crippen LogP contribution is 2.28. The molecule has 38 heavy (non-hydrogen) atoms. The summed E-state index contributed by atoms with van der Waals surface area (Å²) in [5.74, 6) is -0.570. The minimum absolute atomic E-state index is 0.107. The van der Waals surface area contributed by atoms with E-state index in [-0.39, 0.29) is 24.3 Å². The Kier molecular flexibility index (Phi) is 11.1. The zero-order valence-corrected chi connectivity index (χ0v) is 23.8. The van der Waals surface area contributed by atoms with Crippen LogP contribution in [0.1, 0.15) is 69.3 Å². The molecule has 2 aromatic carbocycles. The molecule has 0 radical (unpaired) electrons. The van der Waals surface area contributed by atoms with Gasteiger partial charge in [0.2, 0.25) is 11.8 Å². The van der Waals surface area contributed by atoms with Crippen molar-refractivity contribution < 1.29 is 19.1 Å². The van der Waals surface area contributed by atoms with E-state index in [1.807, 2.05) is 76.2 Å². The molecule has 0 saturated heterocycles. The lowest BCUT2D eigenvalue weighted by Crippen LogP contribution is -2.53. The predicted octanol–water partition coefficient (Wildman–Crippen LogP) is 5.61. The number of alkyl carbamates (subject to hydrolysis) is 1. The number of carbonyl (C=O) groups excluding carboxylic acids is 3. The van der Waals surface area contributed by atoms with Crippen LogP contribution in [0.25, 0.3) is 0 Å². The number of benzene rings is 2. The largest absolute Gasteiger partial charge is 0.444 e. The van der Waals surface area contributed by atoms with Crippen LogP contribution in [-0.2, 0) is 20.9 Å². The number of nitrogens with one attached hydrogen (secondary N) is 2. The minimum atomic E-state index is -0.917. The molecule has 7 heteroatoms. The lowest BCUT2D eigenvalue weighted by Gasteiger charge is -2.35. The summed E-state index contributed by atoms with van der Waals surface area (Å²) in [4.78, 5) is 42.1. The van der Waals surface area contributed by atoms with E-state index >= 15 is 0 Å². The molecule has 206 valence electrons. The highest BCUT2D eigenvalue weighted by atomic mass is 16.6. The quantitative estimate of drug-likeness (QED) is 0.376. The summed E-state index contributed by atoms with van der Waals surface area (Å²) in [5.41, 5.74) is 2.90. The van der Waals surface area contributed by atoms with Gasteiger partial charge in [0.1, 0.15) is 17.7 Å². The number of carbonyl (C=O) groups is 3. The summed E-state index contributed by atoms with van der Waals surface area (Å²) in [6.07, 6.45) is 1.31. The number of ether oxygens (including phenoxy) is 1. The molecule has 0 aliphatic carbocycles. The summed E-state index contributed by atoms with van der Waals surface area (Å²) < 4.78 is 5.43. The Labute approximate surface area is 227 Å². The zero-order valence-electron chi connectivity index (χ0n) is 23.8. The molecule has 2 aromatic rings. The molecule has 0 bridgehead atoms. The normalized spacial score (nSPS) is 12.8. The fourth-order valence-corrected chi connectivity index (χ4v) is 4.21. The molecular formula is C31H43N3O4. The predicted molar refractivity (Wildman–Crippen MR) is 151 cm³/mol. The van der Waals surface area contributed by atoms with Crippen LogP contribution in [0.3, 0.4) is 0 Å². The lowest BCUT2D eigenvalue weighted by atomic mass is 9.94. The van der Waals surface area contributed by atoms with Crippen molar-refractivity contribution in [2.45, 2.75) is 79.1 Å². The molecule has 2 N–H and O–H groups in total.